The summed E-state index contributed by atoms with van der Waals surface area (Å²) in [6, 6.07) is 14.0. The van der Waals surface area contributed by atoms with Crippen LogP contribution in [0, 0.1) is 18.3 Å². The molecule has 1 atom stereocenters. The first-order valence-corrected chi connectivity index (χ1v) is 12.6. The number of rotatable bonds is 5. The topological polar surface area (TPSA) is 119 Å². The summed E-state index contributed by atoms with van der Waals surface area (Å²) in [6.45, 7) is 9.06. The van der Waals surface area contributed by atoms with Crippen molar-refractivity contribution in [1.29, 1.82) is 5.41 Å². The molecule has 34 heavy (non-hydrogen) atoms. The predicted molar refractivity (Wildman–Crippen MR) is 131 cm³/mol. The van der Waals surface area contributed by atoms with Gasteiger partial charge in [-0.25, -0.2) is 18.1 Å². The standard InChI is InChI=1S/C25H29N5O3S/c1-16-14-25(3,4)30(15-16)23-19(11-12-20(28-23)18-9-6-5-8-17(18)2)24(31)29-34(32,33)21-10-7-13-27-22(21)26/h5-13,16H,14-15H2,1-4H3,(H2,26,27)(H,29,31)/t16-/m0/s1. The lowest BCUT2D eigenvalue weighted by Crippen LogP contribution is -2.41. The quantitative estimate of drug-likeness (QED) is 0.517. The van der Waals surface area contributed by atoms with Crippen LogP contribution in [0.2, 0.25) is 0 Å². The molecule has 0 saturated carbocycles. The van der Waals surface area contributed by atoms with Crippen LogP contribution >= 0.6 is 0 Å². The minimum absolute atomic E-state index is 0.175. The molecule has 178 valence electrons. The minimum Gasteiger partial charge on any atom is -0.351 e. The van der Waals surface area contributed by atoms with E-state index >= 15 is 0 Å². The molecule has 1 aliphatic rings. The zero-order chi connectivity index (χ0) is 24.7. The molecule has 1 amide bonds. The SMILES string of the molecule is Cc1ccccc1-c1ccc(C(=O)NS(=O)(=O)c2ccc[nH]c2=N)c(N2C[C@@H](C)CC2(C)C)n1. The van der Waals surface area contributed by atoms with E-state index in [-0.39, 0.29) is 21.5 Å². The third kappa shape index (κ3) is 4.48. The van der Waals surface area contributed by atoms with Crippen molar-refractivity contribution in [3.63, 3.8) is 0 Å². The van der Waals surface area contributed by atoms with Crippen LogP contribution < -0.4 is 15.1 Å². The number of benzene rings is 1. The zero-order valence-electron chi connectivity index (χ0n) is 19.7. The molecule has 0 bridgehead atoms. The third-order valence-corrected chi connectivity index (χ3v) is 7.58. The summed E-state index contributed by atoms with van der Waals surface area (Å²) in [7, 11) is -4.25. The average molecular weight is 480 g/mol. The van der Waals surface area contributed by atoms with Crippen LogP contribution in [0.15, 0.2) is 59.6 Å². The van der Waals surface area contributed by atoms with Gasteiger partial charge in [0.15, 0.2) is 0 Å². The summed E-state index contributed by atoms with van der Waals surface area (Å²) in [5, 5.41) is 7.86. The van der Waals surface area contributed by atoms with Crippen molar-refractivity contribution in [2.75, 3.05) is 11.4 Å². The van der Waals surface area contributed by atoms with E-state index in [9.17, 15) is 13.2 Å². The molecule has 8 nitrogen and oxygen atoms in total. The predicted octanol–water partition coefficient (Wildman–Crippen LogP) is 3.61. The van der Waals surface area contributed by atoms with E-state index in [1.165, 1.54) is 18.3 Å². The Kier molecular flexibility index (Phi) is 6.07. The molecule has 4 rings (SSSR count). The highest BCUT2D eigenvalue weighted by molar-refractivity contribution is 7.90. The Balaban J connectivity index is 1.80. The number of nitrogens with one attached hydrogen (secondary N) is 3. The van der Waals surface area contributed by atoms with E-state index in [0.717, 1.165) is 17.5 Å². The number of aromatic amines is 1. The van der Waals surface area contributed by atoms with Gasteiger partial charge in [0.1, 0.15) is 16.2 Å². The molecular weight excluding hydrogens is 450 g/mol. The molecule has 1 aromatic carbocycles. The molecule has 1 aliphatic heterocycles. The zero-order valence-corrected chi connectivity index (χ0v) is 20.5. The first kappa shape index (κ1) is 23.7. The number of anilines is 1. The van der Waals surface area contributed by atoms with Crippen molar-refractivity contribution < 1.29 is 13.2 Å². The monoisotopic (exact) mass is 479 g/mol. The van der Waals surface area contributed by atoms with Crippen LogP contribution in [0.3, 0.4) is 0 Å². The maximum atomic E-state index is 13.3. The fraction of sp³-hybridized carbons (Fsp3) is 0.320. The lowest BCUT2D eigenvalue weighted by atomic mass is 9.97. The summed E-state index contributed by atoms with van der Waals surface area (Å²) in [5.41, 5.74) is 2.34. The van der Waals surface area contributed by atoms with Gasteiger partial charge in [0, 0.05) is 23.8 Å². The first-order chi connectivity index (χ1) is 16.0. The second-order valence-electron chi connectivity index (χ2n) is 9.46. The Hall–Kier alpha value is -3.46. The maximum absolute atomic E-state index is 13.3. The van der Waals surface area contributed by atoms with Gasteiger partial charge in [-0.2, -0.15) is 0 Å². The summed E-state index contributed by atoms with van der Waals surface area (Å²) in [6.07, 6.45) is 2.37. The number of hydrogen-bond donors (Lipinski definition) is 3. The summed E-state index contributed by atoms with van der Waals surface area (Å²) in [5.74, 6) is 0.0650. The van der Waals surface area contributed by atoms with Crippen molar-refractivity contribution in [1.82, 2.24) is 14.7 Å². The maximum Gasteiger partial charge on any atom is 0.268 e. The van der Waals surface area contributed by atoms with Gasteiger partial charge in [0.2, 0.25) is 0 Å². The number of carbonyl (C=O) groups is 1. The lowest BCUT2D eigenvalue weighted by Gasteiger charge is -2.34. The highest BCUT2D eigenvalue weighted by Gasteiger charge is 2.39. The van der Waals surface area contributed by atoms with Gasteiger partial charge in [-0.15, -0.1) is 0 Å². The van der Waals surface area contributed by atoms with Crippen molar-refractivity contribution >= 4 is 21.7 Å². The Morgan fingerprint density at radius 2 is 1.91 bits per heavy atom. The van der Waals surface area contributed by atoms with Gasteiger partial charge in [0.05, 0.1) is 11.3 Å². The minimum atomic E-state index is -4.25. The second-order valence-corrected chi connectivity index (χ2v) is 11.1. The van der Waals surface area contributed by atoms with Gasteiger partial charge < -0.3 is 9.88 Å². The molecule has 0 spiro atoms. The van der Waals surface area contributed by atoms with Crippen LogP contribution in [0.1, 0.15) is 43.1 Å². The summed E-state index contributed by atoms with van der Waals surface area (Å²) in [4.78, 5) is 22.5. The van der Waals surface area contributed by atoms with Gasteiger partial charge >= 0.3 is 0 Å². The van der Waals surface area contributed by atoms with Crippen LogP contribution in [0.4, 0.5) is 5.82 Å². The molecule has 3 aromatic rings. The van der Waals surface area contributed by atoms with E-state index in [0.29, 0.717) is 24.0 Å². The highest BCUT2D eigenvalue weighted by Crippen LogP contribution is 2.38. The van der Waals surface area contributed by atoms with Crippen LogP contribution in [0.25, 0.3) is 11.3 Å². The van der Waals surface area contributed by atoms with Gasteiger partial charge in [0.25, 0.3) is 15.9 Å². The van der Waals surface area contributed by atoms with E-state index in [1.54, 1.807) is 12.1 Å². The molecule has 2 aromatic heterocycles. The first-order valence-electron chi connectivity index (χ1n) is 11.1. The number of amides is 1. The Morgan fingerprint density at radius 3 is 2.56 bits per heavy atom. The van der Waals surface area contributed by atoms with Crippen LogP contribution in [-0.2, 0) is 10.0 Å². The van der Waals surface area contributed by atoms with Crippen molar-refractivity contribution in [3.05, 3.63) is 71.3 Å². The fourth-order valence-corrected chi connectivity index (χ4v) is 5.73. The number of nitrogens with zero attached hydrogens (tertiary/aromatic N) is 2. The van der Waals surface area contributed by atoms with Crippen LogP contribution in [-0.4, -0.2) is 36.4 Å². The number of carbonyl (C=O) groups excluding carboxylic acids is 1. The largest absolute Gasteiger partial charge is 0.351 e. The number of aromatic nitrogens is 2. The normalized spacial score (nSPS) is 17.5. The van der Waals surface area contributed by atoms with E-state index in [1.807, 2.05) is 31.2 Å². The molecule has 0 unspecified atom stereocenters. The lowest BCUT2D eigenvalue weighted by molar-refractivity contribution is 0.0981. The van der Waals surface area contributed by atoms with Gasteiger partial charge in [-0.1, -0.05) is 31.2 Å². The molecular formula is C25H29N5O3S. The van der Waals surface area contributed by atoms with Gasteiger partial charge in [-0.3, -0.25) is 10.2 Å². The van der Waals surface area contributed by atoms with Crippen molar-refractivity contribution in [2.45, 2.75) is 44.6 Å². The Labute approximate surface area is 199 Å². The average Bonchev–Trinajstić information content (AvgIpc) is 3.05. The molecule has 1 saturated heterocycles. The molecule has 9 heteroatoms. The van der Waals surface area contributed by atoms with E-state index in [4.69, 9.17) is 10.4 Å². The van der Waals surface area contributed by atoms with Crippen molar-refractivity contribution in [2.24, 2.45) is 5.92 Å². The van der Waals surface area contributed by atoms with E-state index < -0.39 is 15.9 Å². The summed E-state index contributed by atoms with van der Waals surface area (Å²) < 4.78 is 27.9. The molecule has 3 N–H and O–H groups in total. The number of H-pyrrole nitrogens is 1. The number of aryl methyl sites for hydroxylation is 1. The molecule has 0 radical (unpaired) electrons. The molecule has 0 aliphatic carbocycles. The number of pyridine rings is 2. The fourth-order valence-electron chi connectivity index (χ4n) is 4.68. The number of hydrogen-bond acceptors (Lipinski definition) is 6. The smallest absolute Gasteiger partial charge is 0.268 e. The second kappa shape index (κ2) is 8.72. The Morgan fingerprint density at radius 1 is 1.18 bits per heavy atom. The summed E-state index contributed by atoms with van der Waals surface area (Å²) >= 11 is 0. The van der Waals surface area contributed by atoms with Crippen molar-refractivity contribution in [3.8, 4) is 11.3 Å². The number of sulfonamides is 1. The molecule has 1 fully saturated rings. The third-order valence-electron chi connectivity index (χ3n) is 6.20. The molecule has 3 heterocycles. The Bertz CT molecular complexity index is 1410. The highest BCUT2D eigenvalue weighted by atomic mass is 32.2. The van der Waals surface area contributed by atoms with Crippen LogP contribution in [0.5, 0.6) is 0 Å². The van der Waals surface area contributed by atoms with E-state index in [2.05, 4.69) is 35.4 Å². The van der Waals surface area contributed by atoms with Gasteiger partial charge in [-0.05, 0) is 62.9 Å².